The van der Waals surface area contributed by atoms with E-state index in [9.17, 15) is 13.2 Å². The van der Waals surface area contributed by atoms with Crippen LogP contribution in [0, 0.1) is 5.92 Å². The summed E-state index contributed by atoms with van der Waals surface area (Å²) < 4.78 is 47.5. The molecule has 12 heteroatoms. The zero-order valence-electron chi connectivity index (χ0n) is 18.6. The van der Waals surface area contributed by atoms with Crippen molar-refractivity contribution in [2.45, 2.75) is 29.7 Å². The Kier molecular flexibility index (Phi) is 11.1. The Bertz CT molecular complexity index is 1090. The maximum absolute atomic E-state index is 13.1. The Morgan fingerprint density at radius 2 is 1.56 bits per heavy atom. The summed E-state index contributed by atoms with van der Waals surface area (Å²) in [6.07, 6.45) is -0.727. The van der Waals surface area contributed by atoms with Gasteiger partial charge in [-0.15, -0.1) is 11.6 Å². The lowest BCUT2D eigenvalue weighted by Crippen LogP contribution is -2.25. The molecular weight excluding hydrogens is 550 g/mol. The topological polar surface area (TPSA) is 88.1 Å². The molecule has 0 aliphatic rings. The van der Waals surface area contributed by atoms with Gasteiger partial charge in [-0.25, -0.2) is 8.42 Å². The van der Waals surface area contributed by atoms with E-state index in [-0.39, 0.29) is 49.0 Å². The molecule has 0 heterocycles. The molecule has 0 aliphatic heterocycles. The fourth-order valence-electron chi connectivity index (χ4n) is 2.82. The minimum atomic E-state index is -4.01. The number of esters is 1. The number of sulfone groups is 1. The zero-order valence-corrected chi connectivity index (χ0v) is 22.5. The largest absolute Gasteiger partial charge is 0.492 e. The minimum absolute atomic E-state index is 0.00690. The maximum Gasteiger partial charge on any atom is 0.303 e. The van der Waals surface area contributed by atoms with Crippen molar-refractivity contribution in [3.05, 3.63) is 45.4 Å². The van der Waals surface area contributed by atoms with Crippen LogP contribution in [0.3, 0.4) is 0 Å². The van der Waals surface area contributed by atoms with Crippen LogP contribution in [0.1, 0.15) is 13.8 Å². The number of methoxy groups -OCH3 is 1. The van der Waals surface area contributed by atoms with Crippen LogP contribution in [0.2, 0.25) is 15.1 Å². The van der Waals surface area contributed by atoms with Crippen LogP contribution in [0.4, 0.5) is 0 Å². The lowest BCUT2D eigenvalue weighted by Gasteiger charge is -2.17. The molecule has 2 unspecified atom stereocenters. The molecule has 0 radical (unpaired) electrons. The lowest BCUT2D eigenvalue weighted by atomic mass is 10.2. The van der Waals surface area contributed by atoms with E-state index in [1.54, 1.807) is 7.11 Å². The lowest BCUT2D eigenvalue weighted by molar-refractivity contribution is -0.146. The number of carbonyl (C=O) groups excluding carboxylic acids is 1. The zero-order chi connectivity index (χ0) is 25.5. The van der Waals surface area contributed by atoms with E-state index < -0.39 is 21.9 Å². The van der Waals surface area contributed by atoms with Gasteiger partial charge in [0.2, 0.25) is 9.84 Å². The second-order valence-electron chi connectivity index (χ2n) is 7.38. The van der Waals surface area contributed by atoms with Crippen molar-refractivity contribution < 1.29 is 32.2 Å². The van der Waals surface area contributed by atoms with Crippen LogP contribution < -0.4 is 9.47 Å². The van der Waals surface area contributed by atoms with Gasteiger partial charge in [0.15, 0.2) is 5.75 Å². The number of hydrogen-bond donors (Lipinski definition) is 0. The number of carbonyl (C=O) groups is 1. The van der Waals surface area contributed by atoms with Crippen molar-refractivity contribution >= 4 is 62.2 Å². The SMILES string of the molecule is COCC(C)COc1ccc(S(=O)(=O)c2cc(Cl)c(OCC(CCl)OC(C)=O)c(Cl)c2)cc1Cl. The van der Waals surface area contributed by atoms with Crippen molar-refractivity contribution in [1.82, 2.24) is 0 Å². The molecule has 0 N–H and O–H groups in total. The third-order valence-electron chi connectivity index (χ3n) is 4.39. The van der Waals surface area contributed by atoms with Gasteiger partial charge in [-0.1, -0.05) is 41.7 Å². The number of benzene rings is 2. The predicted octanol–water partition coefficient (Wildman–Crippen LogP) is 5.69. The Hall–Kier alpha value is -1.42. The Labute approximate surface area is 219 Å². The van der Waals surface area contributed by atoms with Crippen LogP contribution in [-0.4, -0.2) is 53.3 Å². The van der Waals surface area contributed by atoms with E-state index in [0.717, 1.165) is 0 Å². The van der Waals surface area contributed by atoms with Crippen molar-refractivity contribution in [1.29, 1.82) is 0 Å². The first-order valence-corrected chi connectivity index (χ1v) is 13.2. The highest BCUT2D eigenvalue weighted by molar-refractivity contribution is 7.91. The van der Waals surface area contributed by atoms with Gasteiger partial charge in [0, 0.05) is 20.0 Å². The van der Waals surface area contributed by atoms with Crippen molar-refractivity contribution in [3.63, 3.8) is 0 Å². The summed E-state index contributed by atoms with van der Waals surface area (Å²) in [4.78, 5) is 10.9. The highest BCUT2D eigenvalue weighted by atomic mass is 35.5. The summed E-state index contributed by atoms with van der Waals surface area (Å²) in [5, 5.41) is 0.0567. The van der Waals surface area contributed by atoms with E-state index in [2.05, 4.69) is 0 Å². The molecule has 7 nitrogen and oxygen atoms in total. The summed E-state index contributed by atoms with van der Waals surface area (Å²) in [6, 6.07) is 6.59. The number of rotatable bonds is 12. The smallest absolute Gasteiger partial charge is 0.303 e. The quantitative estimate of drug-likeness (QED) is 0.238. The molecule has 0 saturated heterocycles. The molecule has 2 aromatic rings. The van der Waals surface area contributed by atoms with Gasteiger partial charge in [0.25, 0.3) is 0 Å². The third kappa shape index (κ3) is 7.80. The molecule has 0 aliphatic carbocycles. The van der Waals surface area contributed by atoms with E-state index >= 15 is 0 Å². The molecule has 0 aromatic heterocycles. The molecule has 2 atom stereocenters. The first-order valence-electron chi connectivity index (χ1n) is 10.0. The molecule has 0 bridgehead atoms. The Morgan fingerprint density at radius 1 is 0.941 bits per heavy atom. The third-order valence-corrected chi connectivity index (χ3v) is 7.32. The van der Waals surface area contributed by atoms with E-state index in [4.69, 9.17) is 65.4 Å². The van der Waals surface area contributed by atoms with E-state index in [1.807, 2.05) is 6.92 Å². The Morgan fingerprint density at radius 3 is 2.09 bits per heavy atom. The summed E-state index contributed by atoms with van der Waals surface area (Å²) in [6.45, 7) is 3.94. The van der Waals surface area contributed by atoms with Crippen molar-refractivity contribution in [2.24, 2.45) is 5.92 Å². The average Bonchev–Trinajstić information content (AvgIpc) is 2.76. The van der Waals surface area contributed by atoms with Crippen LogP contribution in [-0.2, 0) is 24.1 Å². The van der Waals surface area contributed by atoms with Gasteiger partial charge in [0.05, 0.1) is 44.0 Å². The monoisotopic (exact) mass is 572 g/mol. The fraction of sp³-hybridized carbons (Fsp3) is 0.409. The summed E-state index contributed by atoms with van der Waals surface area (Å²) in [5.41, 5.74) is 0. The summed E-state index contributed by atoms with van der Waals surface area (Å²) >= 11 is 24.5. The van der Waals surface area contributed by atoms with Gasteiger partial charge in [-0.05, 0) is 30.3 Å². The van der Waals surface area contributed by atoms with Gasteiger partial charge in [-0.2, -0.15) is 0 Å². The Balaban J connectivity index is 2.23. The van der Waals surface area contributed by atoms with Crippen LogP contribution in [0.25, 0.3) is 0 Å². The fourth-order valence-corrected chi connectivity index (χ4v) is 5.33. The standard InChI is InChI=1S/C22H24Cl4O7S/c1-13(10-30-3)11-31-21-5-4-16(6-18(21)24)34(28,29)17-7-19(25)22(20(26)8-17)32-12-15(9-23)33-14(2)27/h4-8,13,15H,9-12H2,1-3H3. The number of halogens is 4. The molecule has 0 spiro atoms. The molecule has 2 rings (SSSR count). The number of alkyl halides is 1. The number of ether oxygens (including phenoxy) is 4. The molecule has 188 valence electrons. The first-order chi connectivity index (χ1) is 16.0. The normalized spacial score (nSPS) is 13.3. The molecule has 0 fully saturated rings. The molecule has 0 saturated carbocycles. The van der Waals surface area contributed by atoms with Gasteiger partial charge in [0.1, 0.15) is 18.5 Å². The van der Waals surface area contributed by atoms with E-state index in [0.29, 0.717) is 19.0 Å². The predicted molar refractivity (Wildman–Crippen MR) is 132 cm³/mol. The number of hydrogen-bond acceptors (Lipinski definition) is 7. The maximum atomic E-state index is 13.1. The molecule has 34 heavy (non-hydrogen) atoms. The summed E-state index contributed by atoms with van der Waals surface area (Å²) in [5.74, 6) is -0.00949. The van der Waals surface area contributed by atoms with Crippen LogP contribution in [0.15, 0.2) is 40.1 Å². The molecule has 0 amide bonds. The van der Waals surface area contributed by atoms with Gasteiger partial charge in [-0.3, -0.25) is 4.79 Å². The second-order valence-corrected chi connectivity index (χ2v) is 10.9. The van der Waals surface area contributed by atoms with Crippen molar-refractivity contribution in [3.8, 4) is 11.5 Å². The highest BCUT2D eigenvalue weighted by Gasteiger charge is 2.23. The van der Waals surface area contributed by atoms with Crippen LogP contribution in [0.5, 0.6) is 11.5 Å². The van der Waals surface area contributed by atoms with Gasteiger partial charge < -0.3 is 18.9 Å². The highest BCUT2D eigenvalue weighted by Crippen LogP contribution is 2.38. The second kappa shape index (κ2) is 13.0. The molecular formula is C22H24Cl4O7S. The molecule has 2 aromatic carbocycles. The first kappa shape index (κ1) is 28.8. The summed E-state index contributed by atoms with van der Waals surface area (Å²) in [7, 11) is -2.41. The van der Waals surface area contributed by atoms with Gasteiger partial charge >= 0.3 is 5.97 Å². The minimum Gasteiger partial charge on any atom is -0.492 e. The average molecular weight is 574 g/mol. The van der Waals surface area contributed by atoms with Crippen molar-refractivity contribution in [2.75, 3.05) is 32.8 Å². The van der Waals surface area contributed by atoms with Crippen LogP contribution >= 0.6 is 46.4 Å². The van der Waals surface area contributed by atoms with E-state index in [1.165, 1.54) is 37.3 Å².